The summed E-state index contributed by atoms with van der Waals surface area (Å²) in [4.78, 5) is 40.1. The van der Waals surface area contributed by atoms with Gasteiger partial charge in [-0.3, -0.25) is 14.4 Å². The zero-order valence-corrected chi connectivity index (χ0v) is 18.2. The number of piperidine rings is 1. The van der Waals surface area contributed by atoms with Crippen molar-refractivity contribution in [3.63, 3.8) is 0 Å². The minimum absolute atomic E-state index is 0.0135. The SMILES string of the molecule is CCC(CC)C(=O)N1CCC(NC(=O)C(NC(=O)c2cccs2)C(C)C)CC1. The molecule has 1 unspecified atom stereocenters. The van der Waals surface area contributed by atoms with Gasteiger partial charge < -0.3 is 15.5 Å². The summed E-state index contributed by atoms with van der Waals surface area (Å²) >= 11 is 1.36. The molecule has 156 valence electrons. The van der Waals surface area contributed by atoms with Gasteiger partial charge in [-0.1, -0.05) is 33.8 Å². The van der Waals surface area contributed by atoms with E-state index in [4.69, 9.17) is 0 Å². The fourth-order valence-electron chi connectivity index (χ4n) is 3.59. The van der Waals surface area contributed by atoms with Gasteiger partial charge in [-0.15, -0.1) is 11.3 Å². The second-order valence-electron chi connectivity index (χ2n) is 7.79. The Hall–Kier alpha value is -1.89. The maximum Gasteiger partial charge on any atom is 0.262 e. The lowest BCUT2D eigenvalue weighted by atomic mass is 9.97. The summed E-state index contributed by atoms with van der Waals surface area (Å²) in [5, 5.41) is 7.78. The van der Waals surface area contributed by atoms with Crippen LogP contribution < -0.4 is 10.6 Å². The molecule has 0 spiro atoms. The molecule has 2 N–H and O–H groups in total. The summed E-state index contributed by atoms with van der Waals surface area (Å²) in [6, 6.07) is 3.04. The number of nitrogens with one attached hydrogen (secondary N) is 2. The van der Waals surface area contributed by atoms with Crippen molar-refractivity contribution in [2.24, 2.45) is 11.8 Å². The molecule has 6 nitrogen and oxygen atoms in total. The predicted molar refractivity (Wildman–Crippen MR) is 112 cm³/mol. The lowest BCUT2D eigenvalue weighted by molar-refractivity contribution is -0.137. The van der Waals surface area contributed by atoms with Gasteiger partial charge in [0.05, 0.1) is 4.88 Å². The first-order chi connectivity index (χ1) is 13.4. The highest BCUT2D eigenvalue weighted by atomic mass is 32.1. The second-order valence-corrected chi connectivity index (χ2v) is 8.74. The first kappa shape index (κ1) is 22.4. The molecule has 0 radical (unpaired) electrons. The summed E-state index contributed by atoms with van der Waals surface area (Å²) < 4.78 is 0. The molecular formula is C21H33N3O3S. The van der Waals surface area contributed by atoms with Gasteiger partial charge in [-0.2, -0.15) is 0 Å². The van der Waals surface area contributed by atoms with Crippen molar-refractivity contribution in [3.05, 3.63) is 22.4 Å². The molecule has 1 aliphatic rings. The summed E-state index contributed by atoms with van der Waals surface area (Å²) in [5.41, 5.74) is 0. The van der Waals surface area contributed by atoms with Crippen LogP contribution in [0.25, 0.3) is 0 Å². The van der Waals surface area contributed by atoms with Crippen LogP contribution in [0.5, 0.6) is 0 Å². The molecule has 0 saturated carbocycles. The maximum absolute atomic E-state index is 12.8. The van der Waals surface area contributed by atoms with E-state index in [0.717, 1.165) is 25.7 Å². The van der Waals surface area contributed by atoms with E-state index in [-0.39, 0.29) is 35.6 Å². The molecule has 1 aliphatic heterocycles. The average molecular weight is 408 g/mol. The Balaban J connectivity index is 1.87. The third kappa shape index (κ3) is 5.80. The van der Waals surface area contributed by atoms with Crippen molar-refractivity contribution < 1.29 is 14.4 Å². The van der Waals surface area contributed by atoms with Crippen LogP contribution in [0.15, 0.2) is 17.5 Å². The smallest absolute Gasteiger partial charge is 0.262 e. The number of amides is 3. The van der Waals surface area contributed by atoms with Crippen LogP contribution in [-0.4, -0.2) is 47.8 Å². The first-order valence-corrected chi connectivity index (χ1v) is 11.2. The highest BCUT2D eigenvalue weighted by Gasteiger charge is 2.30. The first-order valence-electron chi connectivity index (χ1n) is 10.3. The summed E-state index contributed by atoms with van der Waals surface area (Å²) in [7, 11) is 0. The number of carbonyl (C=O) groups excluding carboxylic acids is 3. The van der Waals surface area contributed by atoms with Gasteiger partial charge in [0.25, 0.3) is 5.91 Å². The van der Waals surface area contributed by atoms with E-state index in [0.29, 0.717) is 18.0 Å². The third-order valence-electron chi connectivity index (χ3n) is 5.47. The Morgan fingerprint density at radius 2 is 1.82 bits per heavy atom. The second kappa shape index (κ2) is 10.6. The zero-order valence-electron chi connectivity index (χ0n) is 17.4. The molecule has 0 bridgehead atoms. The molecule has 1 saturated heterocycles. The van der Waals surface area contributed by atoms with Gasteiger partial charge in [0.2, 0.25) is 11.8 Å². The van der Waals surface area contributed by atoms with Crippen LogP contribution in [0, 0.1) is 11.8 Å². The van der Waals surface area contributed by atoms with Gasteiger partial charge in [0.1, 0.15) is 6.04 Å². The molecule has 28 heavy (non-hydrogen) atoms. The van der Waals surface area contributed by atoms with Crippen molar-refractivity contribution in [1.82, 2.24) is 15.5 Å². The topological polar surface area (TPSA) is 78.5 Å². The highest BCUT2D eigenvalue weighted by Crippen LogP contribution is 2.18. The number of carbonyl (C=O) groups is 3. The molecule has 1 aromatic heterocycles. The van der Waals surface area contributed by atoms with E-state index in [9.17, 15) is 14.4 Å². The number of likely N-dealkylation sites (tertiary alicyclic amines) is 1. The van der Waals surface area contributed by atoms with Crippen molar-refractivity contribution in [1.29, 1.82) is 0 Å². The Morgan fingerprint density at radius 1 is 1.18 bits per heavy atom. The molecule has 3 amide bonds. The normalized spacial score (nSPS) is 16.3. The Labute approximate surface area is 172 Å². The van der Waals surface area contributed by atoms with Crippen LogP contribution in [0.4, 0.5) is 0 Å². The van der Waals surface area contributed by atoms with E-state index >= 15 is 0 Å². The number of hydrogen-bond acceptors (Lipinski definition) is 4. The molecule has 2 rings (SSSR count). The van der Waals surface area contributed by atoms with Crippen LogP contribution in [0.2, 0.25) is 0 Å². The lowest BCUT2D eigenvalue weighted by Gasteiger charge is -2.35. The molecule has 1 fully saturated rings. The van der Waals surface area contributed by atoms with Crippen molar-refractivity contribution in [3.8, 4) is 0 Å². The lowest BCUT2D eigenvalue weighted by Crippen LogP contribution is -2.54. The molecule has 7 heteroatoms. The fraction of sp³-hybridized carbons (Fsp3) is 0.667. The van der Waals surface area contributed by atoms with Gasteiger partial charge in [-0.05, 0) is 43.0 Å². The standard InChI is InChI=1S/C21H33N3O3S/c1-5-15(6-2)21(27)24-11-9-16(10-12-24)22-20(26)18(14(3)4)23-19(25)17-8-7-13-28-17/h7-8,13-16,18H,5-6,9-12H2,1-4H3,(H,22,26)(H,23,25). The average Bonchev–Trinajstić information content (AvgIpc) is 3.22. The van der Waals surface area contributed by atoms with E-state index in [2.05, 4.69) is 24.5 Å². The Bertz CT molecular complexity index is 648. The molecule has 0 aromatic carbocycles. The summed E-state index contributed by atoms with van der Waals surface area (Å²) in [6.07, 6.45) is 3.24. The van der Waals surface area contributed by atoms with E-state index in [1.807, 2.05) is 30.2 Å². The third-order valence-corrected chi connectivity index (χ3v) is 6.34. The minimum Gasteiger partial charge on any atom is -0.351 e. The van der Waals surface area contributed by atoms with Gasteiger partial charge >= 0.3 is 0 Å². The summed E-state index contributed by atoms with van der Waals surface area (Å²) in [5.74, 6) is -0.0402. The van der Waals surface area contributed by atoms with Crippen LogP contribution >= 0.6 is 11.3 Å². The van der Waals surface area contributed by atoms with Gasteiger partial charge in [-0.25, -0.2) is 0 Å². The highest BCUT2D eigenvalue weighted by molar-refractivity contribution is 7.12. The zero-order chi connectivity index (χ0) is 20.7. The Kier molecular flexibility index (Phi) is 8.48. The van der Waals surface area contributed by atoms with E-state index < -0.39 is 6.04 Å². The fourth-order valence-corrected chi connectivity index (χ4v) is 4.21. The van der Waals surface area contributed by atoms with E-state index in [1.165, 1.54) is 11.3 Å². The van der Waals surface area contributed by atoms with Crippen LogP contribution in [-0.2, 0) is 9.59 Å². The molecular weight excluding hydrogens is 374 g/mol. The van der Waals surface area contributed by atoms with Gasteiger partial charge in [0.15, 0.2) is 0 Å². The maximum atomic E-state index is 12.8. The minimum atomic E-state index is -0.571. The monoisotopic (exact) mass is 407 g/mol. The molecule has 1 aromatic rings. The van der Waals surface area contributed by atoms with E-state index in [1.54, 1.807) is 6.07 Å². The van der Waals surface area contributed by atoms with Crippen LogP contribution in [0.3, 0.4) is 0 Å². The van der Waals surface area contributed by atoms with Gasteiger partial charge in [0, 0.05) is 25.0 Å². The number of hydrogen-bond donors (Lipinski definition) is 2. The van der Waals surface area contributed by atoms with Crippen molar-refractivity contribution >= 4 is 29.1 Å². The predicted octanol–water partition coefficient (Wildman–Crippen LogP) is 3.05. The molecule has 1 atom stereocenters. The van der Waals surface area contributed by atoms with Crippen molar-refractivity contribution in [2.75, 3.05) is 13.1 Å². The van der Waals surface area contributed by atoms with Crippen LogP contribution in [0.1, 0.15) is 63.0 Å². The Morgan fingerprint density at radius 3 is 2.32 bits per heavy atom. The molecule has 2 heterocycles. The number of rotatable bonds is 8. The number of thiophene rings is 1. The van der Waals surface area contributed by atoms with Crippen molar-refractivity contribution in [2.45, 2.75) is 65.5 Å². The quantitative estimate of drug-likeness (QED) is 0.695. The molecule has 0 aliphatic carbocycles. The summed E-state index contributed by atoms with van der Waals surface area (Å²) in [6.45, 7) is 9.30. The number of nitrogens with zero attached hydrogens (tertiary/aromatic N) is 1. The largest absolute Gasteiger partial charge is 0.351 e.